The molecule has 0 radical (unpaired) electrons. The summed E-state index contributed by atoms with van der Waals surface area (Å²) in [5, 5.41) is 51.2. The topological polar surface area (TPSA) is 301 Å². The van der Waals surface area contributed by atoms with Crippen molar-refractivity contribution in [1.82, 2.24) is 19.5 Å². The summed E-state index contributed by atoms with van der Waals surface area (Å²) in [6.07, 6.45) is -6.95. The van der Waals surface area contributed by atoms with Gasteiger partial charge in [0.2, 0.25) is 0 Å². The smallest absolute Gasteiger partial charge is 0.349 e. The Kier molecular flexibility index (Phi) is 7.79. The summed E-state index contributed by atoms with van der Waals surface area (Å²) >= 11 is 0. The Bertz CT molecular complexity index is 1570. The van der Waals surface area contributed by atoms with Crippen molar-refractivity contribution in [2.45, 2.75) is 38.7 Å². The summed E-state index contributed by atoms with van der Waals surface area (Å²) in [6, 6.07) is 1.35. The van der Waals surface area contributed by atoms with Gasteiger partial charge in [-0.15, -0.1) is 30.3 Å². The van der Waals surface area contributed by atoms with E-state index in [4.69, 9.17) is 0 Å². The van der Waals surface area contributed by atoms with Crippen LogP contribution in [0, 0.1) is 54.3 Å². The lowest BCUT2D eigenvalue weighted by Gasteiger charge is -2.28. The zero-order valence-corrected chi connectivity index (χ0v) is 19.6. The molecule has 22 nitrogen and oxygen atoms in total. The second kappa shape index (κ2) is 10.8. The molecule has 0 saturated heterocycles. The molecule has 0 amide bonds. The first-order valence-corrected chi connectivity index (χ1v) is 10.4. The highest BCUT2D eigenvalue weighted by atomic mass is 17.0. The third-order valence-electron chi connectivity index (χ3n) is 5.45. The lowest BCUT2D eigenvalue weighted by atomic mass is 10.0. The number of aryl methyl sites for hydroxylation is 1. The predicted octanol–water partition coefficient (Wildman–Crippen LogP) is -1.17. The Morgan fingerprint density at radius 3 is 2.23 bits per heavy atom. The fraction of sp³-hybridized carbons (Fsp3) is 0.412. The SMILES string of the molecule is Cc1cc2nc3c(=O)[nH]c(=O)nc-3n(C[C@H](O)[C@H](O[N+](=O)[O-])[C@@H](CO[N+](=O)[O-])O[N+](=O)[O-])c2c([N+](=O)[O-])c1C. The zero-order chi connectivity index (χ0) is 29.2. The number of H-pyrrole nitrogens is 1. The van der Waals surface area contributed by atoms with Gasteiger partial charge < -0.3 is 24.2 Å². The number of rotatable bonds is 12. The second-order valence-electron chi connectivity index (χ2n) is 7.81. The highest BCUT2D eigenvalue weighted by Gasteiger charge is 2.38. The van der Waals surface area contributed by atoms with Gasteiger partial charge in [0, 0.05) is 5.56 Å². The Morgan fingerprint density at radius 2 is 1.67 bits per heavy atom. The van der Waals surface area contributed by atoms with E-state index >= 15 is 0 Å². The highest BCUT2D eigenvalue weighted by Crippen LogP contribution is 2.34. The first kappa shape index (κ1) is 28.0. The number of fused-ring (bicyclic) bond motifs is 2. The van der Waals surface area contributed by atoms with Gasteiger partial charge in [0.25, 0.3) is 26.5 Å². The Labute approximate surface area is 212 Å². The third-order valence-corrected chi connectivity index (χ3v) is 5.45. The number of nitrogens with one attached hydrogen (secondary N) is 1. The summed E-state index contributed by atoms with van der Waals surface area (Å²) < 4.78 is 0.775. The average molecular weight is 556 g/mol. The van der Waals surface area contributed by atoms with Crippen LogP contribution in [0.3, 0.4) is 0 Å². The van der Waals surface area contributed by atoms with Crippen LogP contribution in [-0.4, -0.2) is 69.7 Å². The molecule has 1 aromatic carbocycles. The van der Waals surface area contributed by atoms with Crippen LogP contribution in [0.5, 0.6) is 0 Å². The Balaban J connectivity index is 2.30. The van der Waals surface area contributed by atoms with Crippen molar-refractivity contribution in [2.75, 3.05) is 6.61 Å². The minimum atomic E-state index is -2.38. The van der Waals surface area contributed by atoms with E-state index in [0.29, 0.717) is 5.56 Å². The van der Waals surface area contributed by atoms with Gasteiger partial charge in [-0.1, -0.05) is 0 Å². The number of aliphatic hydroxyl groups is 1. The maximum absolute atomic E-state index is 12.5. The van der Waals surface area contributed by atoms with Crippen molar-refractivity contribution in [3.05, 3.63) is 78.5 Å². The zero-order valence-electron chi connectivity index (χ0n) is 19.6. The van der Waals surface area contributed by atoms with Crippen molar-refractivity contribution >= 4 is 16.7 Å². The van der Waals surface area contributed by atoms with Gasteiger partial charge in [0.05, 0.1) is 17.0 Å². The number of aromatic amines is 1. The van der Waals surface area contributed by atoms with E-state index in [1.165, 1.54) is 19.9 Å². The van der Waals surface area contributed by atoms with Gasteiger partial charge in [-0.05, 0) is 25.5 Å². The molecule has 0 unspecified atom stereocenters. The summed E-state index contributed by atoms with van der Waals surface area (Å²) in [5.74, 6) is -0.602. The molecule has 22 heteroatoms. The molecular formula is C17H16N8O14. The summed E-state index contributed by atoms with van der Waals surface area (Å²) in [6.45, 7) is 0.541. The first-order valence-electron chi connectivity index (χ1n) is 10.4. The normalized spacial score (nSPS) is 13.4. The monoisotopic (exact) mass is 556 g/mol. The lowest BCUT2D eigenvalue weighted by Crippen LogP contribution is -2.48. The first-order chi connectivity index (χ1) is 18.2. The van der Waals surface area contributed by atoms with Crippen LogP contribution < -0.4 is 11.2 Å². The van der Waals surface area contributed by atoms with Gasteiger partial charge >= 0.3 is 5.69 Å². The maximum Gasteiger partial charge on any atom is 0.349 e. The molecule has 0 spiro atoms. The molecular weight excluding hydrogens is 540 g/mol. The number of hydrogen-bond donors (Lipinski definition) is 2. The van der Waals surface area contributed by atoms with Crippen LogP contribution in [0.15, 0.2) is 15.7 Å². The summed E-state index contributed by atoms with van der Waals surface area (Å²) in [5.41, 5.74) is -3.49. The maximum atomic E-state index is 12.5. The van der Waals surface area contributed by atoms with Crippen molar-refractivity contribution in [3.63, 3.8) is 0 Å². The van der Waals surface area contributed by atoms with Crippen molar-refractivity contribution in [1.29, 1.82) is 0 Å². The molecule has 0 fully saturated rings. The fourth-order valence-electron chi connectivity index (χ4n) is 3.78. The molecule has 3 rings (SSSR count). The molecule has 2 aliphatic rings. The molecule has 2 N–H and O–H groups in total. The van der Waals surface area contributed by atoms with E-state index in [9.17, 15) is 55.2 Å². The van der Waals surface area contributed by atoms with Gasteiger partial charge in [-0.3, -0.25) is 19.9 Å². The largest absolute Gasteiger partial charge is 0.389 e. The van der Waals surface area contributed by atoms with E-state index in [0.717, 1.165) is 4.57 Å². The minimum absolute atomic E-state index is 0.108. The molecule has 39 heavy (non-hydrogen) atoms. The van der Waals surface area contributed by atoms with Crippen LogP contribution in [-0.2, 0) is 21.1 Å². The number of hydrogen-bond acceptors (Lipinski definition) is 16. The minimum Gasteiger partial charge on any atom is -0.389 e. The summed E-state index contributed by atoms with van der Waals surface area (Å²) in [4.78, 5) is 90.2. The predicted molar refractivity (Wildman–Crippen MR) is 120 cm³/mol. The molecule has 0 saturated carbocycles. The van der Waals surface area contributed by atoms with Gasteiger partial charge in [0.1, 0.15) is 18.2 Å². The fourth-order valence-corrected chi connectivity index (χ4v) is 3.78. The molecule has 0 bridgehead atoms. The van der Waals surface area contributed by atoms with Crippen molar-refractivity contribution in [3.8, 4) is 11.5 Å². The van der Waals surface area contributed by atoms with E-state index in [1.54, 1.807) is 0 Å². The molecule has 0 aromatic heterocycles. The van der Waals surface area contributed by atoms with Crippen LogP contribution in [0.25, 0.3) is 22.6 Å². The molecule has 2 aliphatic heterocycles. The number of nitro groups is 1. The van der Waals surface area contributed by atoms with Crippen LogP contribution in [0.2, 0.25) is 0 Å². The number of nitrogens with zero attached hydrogens (tertiary/aromatic N) is 7. The average Bonchev–Trinajstić information content (AvgIpc) is 2.81. The quantitative estimate of drug-likeness (QED) is 0.151. The lowest BCUT2D eigenvalue weighted by molar-refractivity contribution is -0.811. The Morgan fingerprint density at radius 1 is 1.03 bits per heavy atom. The summed E-state index contributed by atoms with van der Waals surface area (Å²) in [7, 11) is 0. The van der Waals surface area contributed by atoms with Gasteiger partial charge in [0.15, 0.2) is 23.7 Å². The van der Waals surface area contributed by atoms with E-state index in [1.807, 2.05) is 4.98 Å². The van der Waals surface area contributed by atoms with Gasteiger partial charge in [-0.2, -0.15) is 4.98 Å². The molecule has 1 aromatic rings. The highest BCUT2D eigenvalue weighted by molar-refractivity contribution is 5.90. The van der Waals surface area contributed by atoms with Crippen LogP contribution in [0.4, 0.5) is 5.69 Å². The third kappa shape index (κ3) is 5.90. The van der Waals surface area contributed by atoms with Crippen molar-refractivity contribution < 1.29 is 39.8 Å². The number of benzene rings is 1. The van der Waals surface area contributed by atoms with E-state index in [-0.39, 0.29) is 16.6 Å². The standard InChI is InChI=1S/C17H16N8O14/c1-6-3-8-13(12(7(6)2)22(29)30)21(15-11(18-8)16(27)20-17(28)19-15)4-9(26)14(39-25(35)36)10(38-24(33)34)5-37-23(31)32/h3,9-10,14,26H,4-5H2,1-2H3,(H,20,27,28)/t9-,10+,14-/m0/s1. The van der Waals surface area contributed by atoms with Crippen molar-refractivity contribution in [2.24, 2.45) is 0 Å². The van der Waals surface area contributed by atoms with E-state index in [2.05, 4.69) is 24.5 Å². The second-order valence-corrected chi connectivity index (χ2v) is 7.81. The molecule has 0 aliphatic carbocycles. The molecule has 3 atom stereocenters. The van der Waals surface area contributed by atoms with Crippen LogP contribution in [0.1, 0.15) is 11.1 Å². The molecule has 2 heterocycles. The number of nitro benzene ring substituents is 1. The van der Waals surface area contributed by atoms with E-state index < -0.39 is 80.1 Å². The van der Waals surface area contributed by atoms with Gasteiger partial charge in [-0.25, -0.2) is 9.78 Å². The molecule has 208 valence electrons. The number of aliphatic hydroxyl groups excluding tert-OH is 1. The number of aromatic nitrogens is 4. The Hall–Kier alpha value is -5.54. The van der Waals surface area contributed by atoms with Crippen LogP contribution >= 0.6 is 0 Å².